The fourth-order valence-electron chi connectivity index (χ4n) is 1.91. The zero-order chi connectivity index (χ0) is 16.5. The lowest BCUT2D eigenvalue weighted by atomic mass is 10.1. The molecule has 0 aromatic heterocycles. The summed E-state index contributed by atoms with van der Waals surface area (Å²) in [6.07, 6.45) is 0.860. The van der Waals surface area contributed by atoms with Gasteiger partial charge in [-0.1, -0.05) is 18.5 Å². The van der Waals surface area contributed by atoms with Crippen molar-refractivity contribution in [1.29, 1.82) is 0 Å². The van der Waals surface area contributed by atoms with Crippen LogP contribution in [0.2, 0.25) is 5.02 Å². The summed E-state index contributed by atoms with van der Waals surface area (Å²) in [5, 5.41) is 3.20. The number of hydrogen-bond donors (Lipinski definition) is 1. The van der Waals surface area contributed by atoms with E-state index >= 15 is 0 Å². The van der Waals surface area contributed by atoms with E-state index in [2.05, 4.69) is 5.32 Å². The lowest BCUT2D eigenvalue weighted by molar-refractivity contribution is 0.0905. The average Bonchev–Trinajstić information content (AvgIpc) is 2.46. The maximum Gasteiger partial charge on any atom is 0.251 e. The molecule has 5 nitrogen and oxygen atoms in total. The van der Waals surface area contributed by atoms with Gasteiger partial charge in [-0.05, 0) is 32.4 Å². The molecule has 0 spiro atoms. The van der Waals surface area contributed by atoms with Crippen molar-refractivity contribution in [2.75, 3.05) is 26.9 Å². The van der Waals surface area contributed by atoms with E-state index in [9.17, 15) is 4.79 Å². The largest absolute Gasteiger partial charge is 0.490 e. The average molecular weight is 330 g/mol. The Hall–Kier alpha value is -1.46. The monoisotopic (exact) mass is 329 g/mol. The van der Waals surface area contributed by atoms with E-state index in [1.165, 1.54) is 0 Å². The molecule has 1 rings (SSSR count). The summed E-state index contributed by atoms with van der Waals surface area (Å²) in [5.41, 5.74) is 0.431. The molecule has 1 aromatic rings. The highest BCUT2D eigenvalue weighted by Gasteiger charge is 2.17. The predicted molar refractivity (Wildman–Crippen MR) is 87.2 cm³/mol. The lowest BCUT2D eigenvalue weighted by Gasteiger charge is -2.16. The molecule has 1 atom stereocenters. The number of ether oxygens (including phenoxy) is 3. The molecule has 0 heterocycles. The highest BCUT2D eigenvalue weighted by Crippen LogP contribution is 2.36. The maximum absolute atomic E-state index is 12.2. The number of halogens is 1. The van der Waals surface area contributed by atoms with Gasteiger partial charge in [0.2, 0.25) is 0 Å². The Balaban J connectivity index is 2.99. The number of hydrogen-bond acceptors (Lipinski definition) is 4. The zero-order valence-corrected chi connectivity index (χ0v) is 14.3. The van der Waals surface area contributed by atoms with Gasteiger partial charge in [-0.25, -0.2) is 0 Å². The first kappa shape index (κ1) is 18.6. The summed E-state index contributed by atoms with van der Waals surface area (Å²) in [5.74, 6) is 0.731. The van der Waals surface area contributed by atoms with E-state index in [0.717, 1.165) is 6.42 Å². The van der Waals surface area contributed by atoms with Gasteiger partial charge in [-0.3, -0.25) is 4.79 Å². The maximum atomic E-state index is 12.2. The van der Waals surface area contributed by atoms with Crippen LogP contribution in [0.4, 0.5) is 0 Å². The number of benzene rings is 1. The SMILES string of the molecule is CCCOc1c(Cl)cc(C(=O)N[C@@H](C)COC)cc1OCC. The molecule has 1 aromatic carbocycles. The third-order valence-electron chi connectivity index (χ3n) is 2.82. The molecular weight excluding hydrogens is 306 g/mol. The van der Waals surface area contributed by atoms with Crippen LogP contribution in [-0.2, 0) is 4.74 Å². The number of methoxy groups -OCH3 is 1. The molecule has 0 saturated carbocycles. The first-order valence-corrected chi connectivity index (χ1v) is 7.80. The molecule has 1 amide bonds. The molecule has 0 fully saturated rings. The summed E-state index contributed by atoms with van der Waals surface area (Å²) < 4.78 is 16.2. The van der Waals surface area contributed by atoms with Crippen molar-refractivity contribution in [1.82, 2.24) is 5.32 Å². The number of carbonyl (C=O) groups is 1. The molecule has 124 valence electrons. The van der Waals surface area contributed by atoms with Gasteiger partial charge in [0, 0.05) is 18.7 Å². The third kappa shape index (κ3) is 5.39. The van der Waals surface area contributed by atoms with Gasteiger partial charge in [0.1, 0.15) is 0 Å². The minimum absolute atomic E-state index is 0.0946. The van der Waals surface area contributed by atoms with E-state index in [4.69, 9.17) is 25.8 Å². The Kier molecular flexibility index (Phi) is 8.06. The Morgan fingerprint density at radius 2 is 2.05 bits per heavy atom. The number of nitrogens with one attached hydrogen (secondary N) is 1. The second kappa shape index (κ2) is 9.54. The quantitative estimate of drug-likeness (QED) is 0.755. The second-order valence-corrected chi connectivity index (χ2v) is 5.30. The van der Waals surface area contributed by atoms with Crippen LogP contribution in [0.15, 0.2) is 12.1 Å². The van der Waals surface area contributed by atoms with Crippen LogP contribution < -0.4 is 14.8 Å². The van der Waals surface area contributed by atoms with E-state index in [1.54, 1.807) is 19.2 Å². The molecular formula is C16H24ClNO4. The van der Waals surface area contributed by atoms with Gasteiger partial charge in [-0.2, -0.15) is 0 Å². The van der Waals surface area contributed by atoms with Crippen LogP contribution in [0.3, 0.4) is 0 Å². The fraction of sp³-hybridized carbons (Fsp3) is 0.562. The molecule has 0 aliphatic heterocycles. The van der Waals surface area contributed by atoms with Gasteiger partial charge in [0.25, 0.3) is 5.91 Å². The molecule has 0 unspecified atom stereocenters. The number of amides is 1. The van der Waals surface area contributed by atoms with Gasteiger partial charge >= 0.3 is 0 Å². The fourth-order valence-corrected chi connectivity index (χ4v) is 2.17. The van der Waals surface area contributed by atoms with Crippen LogP contribution in [0.1, 0.15) is 37.6 Å². The summed E-state index contributed by atoms with van der Waals surface area (Å²) in [7, 11) is 1.59. The third-order valence-corrected chi connectivity index (χ3v) is 3.10. The van der Waals surface area contributed by atoms with Gasteiger partial charge in [0.05, 0.1) is 24.8 Å². The summed E-state index contributed by atoms with van der Waals surface area (Å²) in [4.78, 5) is 12.2. The van der Waals surface area contributed by atoms with Crippen LogP contribution in [0.25, 0.3) is 0 Å². The Morgan fingerprint density at radius 1 is 1.32 bits per heavy atom. The first-order valence-electron chi connectivity index (χ1n) is 7.42. The second-order valence-electron chi connectivity index (χ2n) is 4.90. The van der Waals surface area contributed by atoms with Gasteiger partial charge in [-0.15, -0.1) is 0 Å². The molecule has 1 N–H and O–H groups in total. The standard InChI is InChI=1S/C16H24ClNO4/c1-5-7-22-15-13(17)8-12(9-14(15)21-6-2)16(19)18-11(3)10-20-4/h8-9,11H,5-7,10H2,1-4H3,(H,18,19)/t11-/m0/s1. The predicted octanol–water partition coefficient (Wildman–Crippen LogP) is 3.29. The van der Waals surface area contributed by atoms with Crippen LogP contribution in [-0.4, -0.2) is 38.9 Å². The van der Waals surface area contributed by atoms with Crippen molar-refractivity contribution in [3.8, 4) is 11.5 Å². The molecule has 0 radical (unpaired) electrons. The Morgan fingerprint density at radius 3 is 2.64 bits per heavy atom. The highest BCUT2D eigenvalue weighted by molar-refractivity contribution is 6.32. The Bertz CT molecular complexity index is 493. The minimum atomic E-state index is -0.227. The Labute approximate surface area is 136 Å². The summed E-state index contributed by atoms with van der Waals surface area (Å²) >= 11 is 6.24. The topological polar surface area (TPSA) is 56.8 Å². The van der Waals surface area contributed by atoms with E-state index in [0.29, 0.717) is 41.9 Å². The molecule has 6 heteroatoms. The van der Waals surface area contributed by atoms with E-state index in [1.807, 2.05) is 20.8 Å². The van der Waals surface area contributed by atoms with Crippen LogP contribution >= 0.6 is 11.6 Å². The van der Waals surface area contributed by atoms with Crippen molar-refractivity contribution >= 4 is 17.5 Å². The van der Waals surface area contributed by atoms with Crippen molar-refractivity contribution in [2.24, 2.45) is 0 Å². The first-order chi connectivity index (χ1) is 10.5. The van der Waals surface area contributed by atoms with E-state index < -0.39 is 0 Å². The summed E-state index contributed by atoms with van der Waals surface area (Å²) in [6.45, 7) is 7.18. The van der Waals surface area contributed by atoms with Crippen LogP contribution in [0.5, 0.6) is 11.5 Å². The highest BCUT2D eigenvalue weighted by atomic mass is 35.5. The van der Waals surface area contributed by atoms with Crippen molar-refractivity contribution in [3.63, 3.8) is 0 Å². The van der Waals surface area contributed by atoms with Crippen LogP contribution in [0, 0.1) is 0 Å². The summed E-state index contributed by atoms with van der Waals surface area (Å²) in [6, 6.07) is 3.14. The van der Waals surface area contributed by atoms with Gasteiger partial charge < -0.3 is 19.5 Å². The molecule has 0 saturated heterocycles. The lowest BCUT2D eigenvalue weighted by Crippen LogP contribution is -2.35. The normalized spacial score (nSPS) is 11.9. The zero-order valence-electron chi connectivity index (χ0n) is 13.6. The minimum Gasteiger partial charge on any atom is -0.490 e. The molecule has 0 aliphatic carbocycles. The van der Waals surface area contributed by atoms with E-state index in [-0.39, 0.29) is 11.9 Å². The van der Waals surface area contributed by atoms with Crippen molar-refractivity contribution < 1.29 is 19.0 Å². The number of carbonyl (C=O) groups excluding carboxylic acids is 1. The smallest absolute Gasteiger partial charge is 0.251 e. The molecule has 22 heavy (non-hydrogen) atoms. The molecule has 0 bridgehead atoms. The number of rotatable bonds is 9. The molecule has 0 aliphatic rings. The van der Waals surface area contributed by atoms with Crippen molar-refractivity contribution in [2.45, 2.75) is 33.2 Å². The van der Waals surface area contributed by atoms with Gasteiger partial charge in [0.15, 0.2) is 11.5 Å². The van der Waals surface area contributed by atoms with Crippen molar-refractivity contribution in [3.05, 3.63) is 22.7 Å².